The highest BCUT2D eigenvalue weighted by atomic mass is 35.5. The number of halogens is 3. The maximum Gasteiger partial charge on any atom is 0.0638 e. The molecule has 0 aliphatic rings. The molecule has 0 heterocycles. The summed E-state index contributed by atoms with van der Waals surface area (Å²) in [6.45, 7) is 4.02. The molecule has 0 bridgehead atoms. The number of anilines is 1. The van der Waals surface area contributed by atoms with Crippen molar-refractivity contribution in [3.05, 3.63) is 39.9 Å². The van der Waals surface area contributed by atoms with Crippen LogP contribution in [0.2, 0.25) is 10.0 Å². The SMILES string of the molecule is C=C(Cl)CNc1cc(Cl)ccc1Cl. The van der Waals surface area contributed by atoms with Crippen LogP contribution in [0.3, 0.4) is 0 Å². The summed E-state index contributed by atoms with van der Waals surface area (Å²) in [6, 6.07) is 5.19. The molecule has 13 heavy (non-hydrogen) atoms. The van der Waals surface area contributed by atoms with E-state index in [2.05, 4.69) is 11.9 Å². The number of rotatable bonds is 3. The van der Waals surface area contributed by atoms with Crippen molar-refractivity contribution in [3.8, 4) is 0 Å². The van der Waals surface area contributed by atoms with Crippen LogP contribution in [0, 0.1) is 0 Å². The Labute approximate surface area is 92.3 Å². The van der Waals surface area contributed by atoms with Gasteiger partial charge in [-0.15, -0.1) is 0 Å². The summed E-state index contributed by atoms with van der Waals surface area (Å²) in [5.41, 5.74) is 0.760. The van der Waals surface area contributed by atoms with Gasteiger partial charge in [-0.05, 0) is 18.2 Å². The first-order valence-corrected chi connectivity index (χ1v) is 4.75. The smallest absolute Gasteiger partial charge is 0.0638 e. The lowest BCUT2D eigenvalue weighted by Gasteiger charge is -2.07. The molecule has 1 aromatic carbocycles. The molecular formula is C9H8Cl3N. The van der Waals surface area contributed by atoms with Gasteiger partial charge in [0.2, 0.25) is 0 Å². The van der Waals surface area contributed by atoms with Crippen LogP contribution >= 0.6 is 34.8 Å². The van der Waals surface area contributed by atoms with Gasteiger partial charge in [0.25, 0.3) is 0 Å². The lowest BCUT2D eigenvalue weighted by Crippen LogP contribution is -2.00. The summed E-state index contributed by atoms with van der Waals surface area (Å²) < 4.78 is 0. The first kappa shape index (κ1) is 10.7. The molecule has 0 saturated heterocycles. The van der Waals surface area contributed by atoms with Crippen molar-refractivity contribution in [2.24, 2.45) is 0 Å². The second-order valence-electron chi connectivity index (χ2n) is 2.49. The van der Waals surface area contributed by atoms with E-state index in [9.17, 15) is 0 Å². The van der Waals surface area contributed by atoms with E-state index in [1.807, 2.05) is 0 Å². The van der Waals surface area contributed by atoms with Gasteiger partial charge in [-0.25, -0.2) is 0 Å². The van der Waals surface area contributed by atoms with Crippen molar-refractivity contribution in [2.45, 2.75) is 0 Å². The minimum Gasteiger partial charge on any atom is -0.379 e. The minimum atomic E-state index is 0.474. The Kier molecular flexibility index (Phi) is 3.91. The molecule has 70 valence electrons. The lowest BCUT2D eigenvalue weighted by molar-refractivity contribution is 1.32. The van der Waals surface area contributed by atoms with E-state index in [1.165, 1.54) is 0 Å². The molecule has 4 heteroatoms. The lowest BCUT2D eigenvalue weighted by atomic mass is 10.3. The van der Waals surface area contributed by atoms with Gasteiger partial charge < -0.3 is 5.32 Å². The standard InChI is InChI=1S/C9H8Cl3N/c1-6(10)5-13-9-4-7(11)2-3-8(9)12/h2-4,13H,1,5H2. The maximum atomic E-state index is 5.89. The van der Waals surface area contributed by atoms with Gasteiger partial charge in [0.15, 0.2) is 0 Å². The molecule has 0 spiro atoms. The van der Waals surface area contributed by atoms with Gasteiger partial charge in [0, 0.05) is 10.1 Å². The molecular weight excluding hydrogens is 228 g/mol. The maximum absolute atomic E-state index is 5.89. The van der Waals surface area contributed by atoms with Crippen LogP contribution < -0.4 is 5.32 Å². The number of nitrogens with one attached hydrogen (secondary N) is 1. The van der Waals surface area contributed by atoms with Gasteiger partial charge in [-0.1, -0.05) is 41.4 Å². The Balaban J connectivity index is 2.75. The second-order valence-corrected chi connectivity index (χ2v) is 3.87. The van der Waals surface area contributed by atoms with Crippen LogP contribution in [0.1, 0.15) is 0 Å². The molecule has 0 unspecified atom stereocenters. The van der Waals surface area contributed by atoms with E-state index in [-0.39, 0.29) is 0 Å². The first-order valence-electron chi connectivity index (χ1n) is 3.62. The van der Waals surface area contributed by atoms with Crippen molar-refractivity contribution in [1.29, 1.82) is 0 Å². The molecule has 0 radical (unpaired) electrons. The Hall–Kier alpha value is -0.370. The fourth-order valence-corrected chi connectivity index (χ4v) is 1.25. The van der Waals surface area contributed by atoms with E-state index in [0.29, 0.717) is 21.6 Å². The molecule has 0 saturated carbocycles. The summed E-state index contributed by atoms with van der Waals surface area (Å²) in [7, 11) is 0. The zero-order valence-corrected chi connectivity index (χ0v) is 9.05. The molecule has 0 aromatic heterocycles. The number of hydrogen-bond acceptors (Lipinski definition) is 1. The molecule has 0 aliphatic heterocycles. The minimum absolute atomic E-state index is 0.474. The zero-order valence-electron chi connectivity index (χ0n) is 6.78. The topological polar surface area (TPSA) is 12.0 Å². The van der Waals surface area contributed by atoms with Crippen LogP contribution in [0.25, 0.3) is 0 Å². The van der Waals surface area contributed by atoms with Crippen LogP contribution in [-0.4, -0.2) is 6.54 Å². The molecule has 1 rings (SSSR count). The highest BCUT2D eigenvalue weighted by molar-refractivity contribution is 6.35. The quantitative estimate of drug-likeness (QED) is 0.831. The van der Waals surface area contributed by atoms with Crippen molar-refractivity contribution < 1.29 is 0 Å². The average molecular weight is 237 g/mol. The van der Waals surface area contributed by atoms with Gasteiger partial charge in [0.1, 0.15) is 0 Å². The molecule has 0 atom stereocenters. The van der Waals surface area contributed by atoms with Gasteiger partial charge >= 0.3 is 0 Å². The van der Waals surface area contributed by atoms with Crippen LogP contribution in [0.5, 0.6) is 0 Å². The predicted octanol–water partition coefficient (Wildman–Crippen LogP) is 4.16. The van der Waals surface area contributed by atoms with Crippen molar-refractivity contribution >= 4 is 40.5 Å². The predicted molar refractivity (Wildman–Crippen MR) is 59.9 cm³/mol. The molecule has 1 aromatic rings. The fraction of sp³-hybridized carbons (Fsp3) is 0.111. The Morgan fingerprint density at radius 1 is 1.38 bits per heavy atom. The third kappa shape index (κ3) is 3.47. The molecule has 0 amide bonds. The highest BCUT2D eigenvalue weighted by Crippen LogP contribution is 2.25. The van der Waals surface area contributed by atoms with E-state index in [1.54, 1.807) is 18.2 Å². The normalized spacial score (nSPS) is 9.77. The first-order chi connectivity index (χ1) is 6.09. The third-order valence-electron chi connectivity index (χ3n) is 1.40. The molecule has 0 aliphatic carbocycles. The summed E-state index contributed by atoms with van der Waals surface area (Å²) in [4.78, 5) is 0. The van der Waals surface area contributed by atoms with E-state index >= 15 is 0 Å². The largest absolute Gasteiger partial charge is 0.379 e. The summed E-state index contributed by atoms with van der Waals surface area (Å²) in [5.74, 6) is 0. The molecule has 0 fully saturated rings. The van der Waals surface area contributed by atoms with E-state index < -0.39 is 0 Å². The Morgan fingerprint density at radius 2 is 2.08 bits per heavy atom. The summed E-state index contributed by atoms with van der Waals surface area (Å²) in [6.07, 6.45) is 0. The molecule has 1 nitrogen and oxygen atoms in total. The third-order valence-corrected chi connectivity index (χ3v) is 2.10. The van der Waals surface area contributed by atoms with Crippen molar-refractivity contribution in [3.63, 3.8) is 0 Å². The van der Waals surface area contributed by atoms with Crippen LogP contribution in [-0.2, 0) is 0 Å². The van der Waals surface area contributed by atoms with Crippen LogP contribution in [0.15, 0.2) is 29.8 Å². The van der Waals surface area contributed by atoms with Crippen LogP contribution in [0.4, 0.5) is 5.69 Å². The summed E-state index contributed by atoms with van der Waals surface area (Å²) >= 11 is 17.3. The van der Waals surface area contributed by atoms with Gasteiger partial charge in [0.05, 0.1) is 17.3 Å². The number of benzene rings is 1. The zero-order chi connectivity index (χ0) is 9.84. The Morgan fingerprint density at radius 3 is 2.69 bits per heavy atom. The van der Waals surface area contributed by atoms with E-state index in [0.717, 1.165) is 5.69 Å². The molecule has 1 N–H and O–H groups in total. The average Bonchev–Trinajstić information content (AvgIpc) is 2.06. The second kappa shape index (κ2) is 4.75. The van der Waals surface area contributed by atoms with Gasteiger partial charge in [-0.3, -0.25) is 0 Å². The Bertz CT molecular complexity index is 323. The van der Waals surface area contributed by atoms with E-state index in [4.69, 9.17) is 34.8 Å². The highest BCUT2D eigenvalue weighted by Gasteiger charge is 2.00. The fourth-order valence-electron chi connectivity index (χ4n) is 0.824. The van der Waals surface area contributed by atoms with Crippen molar-refractivity contribution in [2.75, 3.05) is 11.9 Å². The number of hydrogen-bond donors (Lipinski definition) is 1. The monoisotopic (exact) mass is 235 g/mol. The van der Waals surface area contributed by atoms with Crippen molar-refractivity contribution in [1.82, 2.24) is 0 Å². The summed E-state index contributed by atoms with van der Waals surface area (Å²) in [5, 5.41) is 4.77. The van der Waals surface area contributed by atoms with Gasteiger partial charge in [-0.2, -0.15) is 0 Å².